The molecule has 3 nitrogen and oxygen atoms in total. The van der Waals surface area contributed by atoms with Crippen molar-refractivity contribution in [2.24, 2.45) is 0 Å². The average Bonchev–Trinajstić information content (AvgIpc) is 2.62. The second-order valence-corrected chi connectivity index (χ2v) is 6.83. The van der Waals surface area contributed by atoms with Crippen LogP contribution in [0.2, 0.25) is 0 Å². The van der Waals surface area contributed by atoms with Gasteiger partial charge in [-0.2, -0.15) is 0 Å². The largest absolute Gasteiger partial charge is 0.457 e. The predicted molar refractivity (Wildman–Crippen MR) is 109 cm³/mol. The van der Waals surface area contributed by atoms with Crippen LogP contribution in [0.5, 0.6) is 11.5 Å². The highest BCUT2D eigenvalue weighted by atomic mass is 79.9. The topological polar surface area (TPSA) is 24.5 Å². The Morgan fingerprint density at radius 3 is 2.20 bits per heavy atom. The van der Waals surface area contributed by atoms with E-state index in [0.717, 1.165) is 28.2 Å². The molecule has 0 aliphatic carbocycles. The van der Waals surface area contributed by atoms with E-state index >= 15 is 0 Å². The number of nitrogens with zero attached hydrogens (tertiary/aromatic N) is 1. The third kappa shape index (κ3) is 4.77. The molecule has 0 bridgehead atoms. The molecule has 0 unspecified atom stereocenters. The molecule has 0 aliphatic rings. The predicted octanol–water partition coefficient (Wildman–Crippen LogP) is 5.92. The molecule has 0 radical (unpaired) electrons. The van der Waals surface area contributed by atoms with Gasteiger partial charge in [0.1, 0.15) is 11.5 Å². The summed E-state index contributed by atoms with van der Waals surface area (Å²) in [5.74, 6) is 1.67. The molecule has 3 aromatic carbocycles. The van der Waals surface area contributed by atoms with Gasteiger partial charge in [-0.1, -0.05) is 24.3 Å². The van der Waals surface area contributed by atoms with Gasteiger partial charge in [0.15, 0.2) is 0 Å². The molecule has 0 saturated heterocycles. The molecule has 0 atom stereocenters. The van der Waals surface area contributed by atoms with E-state index in [1.165, 1.54) is 11.3 Å². The summed E-state index contributed by atoms with van der Waals surface area (Å²) < 4.78 is 6.91. The van der Waals surface area contributed by atoms with Crippen molar-refractivity contribution in [3.05, 3.63) is 82.8 Å². The lowest BCUT2D eigenvalue weighted by Crippen LogP contribution is -2.09. The quantitative estimate of drug-likeness (QED) is 0.559. The maximum absolute atomic E-state index is 5.81. The maximum atomic E-state index is 5.81. The molecule has 128 valence electrons. The summed E-state index contributed by atoms with van der Waals surface area (Å²) in [5, 5.41) is 3.44. The highest BCUT2D eigenvalue weighted by Gasteiger charge is 2.03. The average molecular weight is 397 g/mol. The lowest BCUT2D eigenvalue weighted by molar-refractivity contribution is 0.483. The van der Waals surface area contributed by atoms with Crippen LogP contribution in [0, 0.1) is 0 Å². The van der Waals surface area contributed by atoms with E-state index in [0.29, 0.717) is 0 Å². The fraction of sp³-hybridized carbons (Fsp3) is 0.143. The number of benzene rings is 3. The van der Waals surface area contributed by atoms with Gasteiger partial charge in [0.25, 0.3) is 0 Å². The Balaban J connectivity index is 1.59. The van der Waals surface area contributed by atoms with E-state index in [1.807, 2.05) is 68.7 Å². The molecular weight excluding hydrogens is 376 g/mol. The van der Waals surface area contributed by atoms with Gasteiger partial charge in [-0.3, -0.25) is 0 Å². The fourth-order valence-electron chi connectivity index (χ4n) is 2.49. The van der Waals surface area contributed by atoms with E-state index in [2.05, 4.69) is 44.3 Å². The molecule has 1 N–H and O–H groups in total. The van der Waals surface area contributed by atoms with Crippen LogP contribution in [0.15, 0.2) is 77.3 Å². The smallest absolute Gasteiger partial charge is 0.127 e. The van der Waals surface area contributed by atoms with Crippen LogP contribution >= 0.6 is 15.9 Å². The van der Waals surface area contributed by atoms with Crippen LogP contribution in [0.4, 0.5) is 11.4 Å². The van der Waals surface area contributed by atoms with E-state index < -0.39 is 0 Å². The van der Waals surface area contributed by atoms with Crippen molar-refractivity contribution in [3.63, 3.8) is 0 Å². The van der Waals surface area contributed by atoms with Crippen LogP contribution in [-0.2, 0) is 6.54 Å². The SMILES string of the molecule is CN(C)c1ccc(CNc2ccc(Oc3ccccc3)cc2)cc1Br. The molecule has 0 amide bonds. The van der Waals surface area contributed by atoms with Crippen LogP contribution in [0.1, 0.15) is 5.56 Å². The minimum Gasteiger partial charge on any atom is -0.457 e. The summed E-state index contributed by atoms with van der Waals surface area (Å²) in [4.78, 5) is 2.09. The van der Waals surface area contributed by atoms with Crippen LogP contribution < -0.4 is 15.0 Å². The first-order valence-electron chi connectivity index (χ1n) is 8.14. The lowest BCUT2D eigenvalue weighted by atomic mass is 10.2. The highest BCUT2D eigenvalue weighted by Crippen LogP contribution is 2.26. The van der Waals surface area contributed by atoms with Crippen molar-refractivity contribution >= 4 is 27.3 Å². The zero-order chi connectivity index (χ0) is 17.6. The highest BCUT2D eigenvalue weighted by molar-refractivity contribution is 9.10. The number of rotatable bonds is 6. The van der Waals surface area contributed by atoms with Crippen molar-refractivity contribution in [3.8, 4) is 11.5 Å². The van der Waals surface area contributed by atoms with Crippen molar-refractivity contribution in [1.82, 2.24) is 0 Å². The summed E-state index contributed by atoms with van der Waals surface area (Å²) in [5.41, 5.74) is 3.46. The zero-order valence-corrected chi connectivity index (χ0v) is 16.0. The van der Waals surface area contributed by atoms with Crippen LogP contribution in [-0.4, -0.2) is 14.1 Å². The Morgan fingerprint density at radius 1 is 0.880 bits per heavy atom. The van der Waals surface area contributed by atoms with Crippen molar-refractivity contribution in [1.29, 1.82) is 0 Å². The monoisotopic (exact) mass is 396 g/mol. The second-order valence-electron chi connectivity index (χ2n) is 5.97. The summed E-state index contributed by atoms with van der Waals surface area (Å²) in [6.07, 6.45) is 0. The molecule has 3 aromatic rings. The summed E-state index contributed by atoms with van der Waals surface area (Å²) in [7, 11) is 4.08. The molecule has 3 rings (SSSR count). The minimum atomic E-state index is 0.769. The summed E-state index contributed by atoms with van der Waals surface area (Å²) >= 11 is 3.63. The van der Waals surface area contributed by atoms with Gasteiger partial charge in [0.05, 0.1) is 5.69 Å². The van der Waals surface area contributed by atoms with Gasteiger partial charge in [0.2, 0.25) is 0 Å². The van der Waals surface area contributed by atoms with Crippen molar-refractivity contribution < 1.29 is 4.74 Å². The minimum absolute atomic E-state index is 0.769. The molecule has 0 heterocycles. The van der Waals surface area contributed by atoms with Crippen molar-refractivity contribution in [2.75, 3.05) is 24.3 Å². The Hall–Kier alpha value is -2.46. The second kappa shape index (κ2) is 8.08. The van der Waals surface area contributed by atoms with E-state index in [4.69, 9.17) is 4.74 Å². The molecular formula is C21H21BrN2O. The third-order valence-corrected chi connectivity index (χ3v) is 4.46. The number of ether oxygens (including phenoxy) is 1. The standard InChI is InChI=1S/C21H21BrN2O/c1-24(2)21-13-8-16(14-20(21)22)15-23-17-9-11-19(12-10-17)25-18-6-4-3-5-7-18/h3-14,23H,15H2,1-2H3. The van der Waals surface area contributed by atoms with Gasteiger partial charge in [-0.15, -0.1) is 0 Å². The molecule has 4 heteroatoms. The van der Waals surface area contributed by atoms with Gasteiger partial charge < -0.3 is 15.0 Å². The molecule has 25 heavy (non-hydrogen) atoms. The summed E-state index contributed by atoms with van der Waals surface area (Å²) in [6, 6.07) is 24.2. The van der Waals surface area contributed by atoms with E-state index in [9.17, 15) is 0 Å². The van der Waals surface area contributed by atoms with E-state index in [-0.39, 0.29) is 0 Å². The number of anilines is 2. The number of halogens is 1. The molecule has 0 fully saturated rings. The first-order chi connectivity index (χ1) is 12.1. The van der Waals surface area contributed by atoms with Crippen molar-refractivity contribution in [2.45, 2.75) is 6.54 Å². The Morgan fingerprint density at radius 2 is 1.56 bits per heavy atom. The number of nitrogens with one attached hydrogen (secondary N) is 1. The third-order valence-electron chi connectivity index (χ3n) is 3.82. The van der Waals surface area contributed by atoms with Gasteiger partial charge in [-0.05, 0) is 70.0 Å². The Kier molecular flexibility index (Phi) is 5.61. The van der Waals surface area contributed by atoms with Gasteiger partial charge >= 0.3 is 0 Å². The molecule has 0 spiro atoms. The van der Waals surface area contributed by atoms with Gasteiger partial charge in [0, 0.05) is 30.8 Å². The fourth-order valence-corrected chi connectivity index (χ4v) is 3.27. The van der Waals surface area contributed by atoms with Crippen LogP contribution in [0.25, 0.3) is 0 Å². The first kappa shape index (κ1) is 17.4. The molecule has 0 saturated carbocycles. The Bertz CT molecular complexity index is 817. The number of hydrogen-bond acceptors (Lipinski definition) is 3. The Labute approximate surface area is 157 Å². The normalized spacial score (nSPS) is 10.4. The lowest BCUT2D eigenvalue weighted by Gasteiger charge is -2.16. The zero-order valence-electron chi connectivity index (χ0n) is 14.4. The van der Waals surface area contributed by atoms with Gasteiger partial charge in [-0.25, -0.2) is 0 Å². The summed E-state index contributed by atoms with van der Waals surface area (Å²) in [6.45, 7) is 0.769. The first-order valence-corrected chi connectivity index (χ1v) is 8.94. The molecule has 0 aromatic heterocycles. The maximum Gasteiger partial charge on any atom is 0.127 e. The van der Waals surface area contributed by atoms with Crippen LogP contribution in [0.3, 0.4) is 0 Å². The number of hydrogen-bond donors (Lipinski definition) is 1. The molecule has 0 aliphatic heterocycles. The number of para-hydroxylation sites is 1. The van der Waals surface area contributed by atoms with E-state index in [1.54, 1.807) is 0 Å².